The summed E-state index contributed by atoms with van der Waals surface area (Å²) in [5.41, 5.74) is 0.910. The molecule has 0 atom stereocenters. The van der Waals surface area contributed by atoms with Crippen molar-refractivity contribution in [2.75, 3.05) is 28.1 Å². The second-order valence-electron chi connectivity index (χ2n) is 4.92. The van der Waals surface area contributed by atoms with E-state index in [4.69, 9.17) is 18.9 Å². The number of hydrogen-bond acceptors (Lipinski definition) is 6. The van der Waals surface area contributed by atoms with Gasteiger partial charge in [-0.1, -0.05) is 12.1 Å². The lowest BCUT2D eigenvalue weighted by molar-refractivity contribution is 0.0483. The van der Waals surface area contributed by atoms with Crippen LogP contribution in [0.4, 0.5) is 0 Å². The van der Waals surface area contributed by atoms with E-state index in [2.05, 4.69) is 0 Å². The highest BCUT2D eigenvalue weighted by Crippen LogP contribution is 2.25. The first-order valence-corrected chi connectivity index (χ1v) is 8.27. The van der Waals surface area contributed by atoms with Gasteiger partial charge in [0.05, 0.1) is 7.11 Å². The van der Waals surface area contributed by atoms with Crippen LogP contribution in [0.5, 0.6) is 11.5 Å². The molecule has 1 heterocycles. The Kier molecular flexibility index (Phi) is 7.17. The normalized spacial score (nSPS) is 10.6. The lowest BCUT2D eigenvalue weighted by atomic mass is 10.2. The van der Waals surface area contributed by atoms with Crippen LogP contribution in [0.1, 0.15) is 5.56 Å². The quantitative estimate of drug-likeness (QED) is 0.511. The first kappa shape index (κ1) is 18.4. The van der Waals surface area contributed by atoms with Gasteiger partial charge < -0.3 is 18.9 Å². The lowest BCUT2D eigenvalue weighted by Crippen LogP contribution is -2.23. The van der Waals surface area contributed by atoms with E-state index in [9.17, 15) is 4.79 Å². The fourth-order valence-corrected chi connectivity index (χ4v) is 2.93. The molecule has 0 saturated heterocycles. The highest BCUT2D eigenvalue weighted by Gasteiger charge is 2.09. The van der Waals surface area contributed by atoms with Crippen LogP contribution in [0.25, 0.3) is 0 Å². The molecule has 24 heavy (non-hydrogen) atoms. The standard InChI is InChI=1S/C17H21NO5S/c1-20-11-18-9-15(8-16(17(18)19)23-12-21-2)24-10-13-4-6-14(22-3)7-5-13/h4-9H,10-12H2,1-3H3. The van der Waals surface area contributed by atoms with Gasteiger partial charge in [0.1, 0.15) is 12.5 Å². The first-order valence-electron chi connectivity index (χ1n) is 7.28. The minimum absolute atomic E-state index is 0.0226. The number of benzene rings is 1. The van der Waals surface area contributed by atoms with Crippen molar-refractivity contribution in [3.05, 3.63) is 52.4 Å². The van der Waals surface area contributed by atoms with Gasteiger partial charge in [-0.3, -0.25) is 9.36 Å². The van der Waals surface area contributed by atoms with Crippen LogP contribution < -0.4 is 15.0 Å². The summed E-state index contributed by atoms with van der Waals surface area (Å²) in [6, 6.07) is 9.60. The molecule has 2 rings (SSSR count). The Balaban J connectivity index is 2.15. The van der Waals surface area contributed by atoms with E-state index in [1.807, 2.05) is 24.3 Å². The number of methoxy groups -OCH3 is 3. The maximum atomic E-state index is 12.2. The van der Waals surface area contributed by atoms with Crippen molar-refractivity contribution in [3.8, 4) is 11.5 Å². The van der Waals surface area contributed by atoms with E-state index in [0.29, 0.717) is 0 Å². The van der Waals surface area contributed by atoms with E-state index < -0.39 is 0 Å². The third kappa shape index (κ3) is 5.02. The van der Waals surface area contributed by atoms with E-state index in [0.717, 1.165) is 22.0 Å². The molecule has 2 aromatic rings. The van der Waals surface area contributed by atoms with Crippen LogP contribution in [-0.4, -0.2) is 32.7 Å². The SMILES string of the molecule is COCOc1cc(SCc2ccc(OC)cc2)cn(COC)c1=O. The zero-order valence-corrected chi connectivity index (χ0v) is 14.8. The van der Waals surface area contributed by atoms with Crippen molar-refractivity contribution in [1.29, 1.82) is 0 Å². The van der Waals surface area contributed by atoms with Crippen LogP contribution >= 0.6 is 11.8 Å². The van der Waals surface area contributed by atoms with Crippen LogP contribution in [0.3, 0.4) is 0 Å². The van der Waals surface area contributed by atoms with Gasteiger partial charge in [-0.2, -0.15) is 0 Å². The minimum Gasteiger partial charge on any atom is -0.497 e. The number of ether oxygens (including phenoxy) is 4. The third-order valence-corrected chi connectivity index (χ3v) is 4.23. The molecule has 0 unspecified atom stereocenters. The zero-order valence-electron chi connectivity index (χ0n) is 14.0. The van der Waals surface area contributed by atoms with Gasteiger partial charge in [-0.05, 0) is 17.7 Å². The Bertz CT molecular complexity index is 699. The number of rotatable bonds is 9. The van der Waals surface area contributed by atoms with E-state index in [1.165, 1.54) is 11.7 Å². The molecule has 0 bridgehead atoms. The molecule has 1 aromatic heterocycles. The van der Waals surface area contributed by atoms with Gasteiger partial charge in [-0.25, -0.2) is 0 Å². The Morgan fingerprint density at radius 1 is 1.08 bits per heavy atom. The van der Waals surface area contributed by atoms with Crippen molar-refractivity contribution in [3.63, 3.8) is 0 Å². The maximum absolute atomic E-state index is 12.2. The highest BCUT2D eigenvalue weighted by molar-refractivity contribution is 7.98. The lowest BCUT2D eigenvalue weighted by Gasteiger charge is -2.11. The molecule has 0 amide bonds. The molecular weight excluding hydrogens is 330 g/mol. The Hall–Kier alpha value is -1.96. The largest absolute Gasteiger partial charge is 0.497 e. The van der Waals surface area contributed by atoms with Crippen LogP contribution in [0.2, 0.25) is 0 Å². The molecule has 0 aliphatic carbocycles. The summed E-state index contributed by atoms with van der Waals surface area (Å²) in [5.74, 6) is 1.83. The monoisotopic (exact) mass is 351 g/mol. The Labute approximate surface area is 145 Å². The second-order valence-corrected chi connectivity index (χ2v) is 5.97. The van der Waals surface area contributed by atoms with Gasteiger partial charge in [-0.15, -0.1) is 11.8 Å². The highest BCUT2D eigenvalue weighted by atomic mass is 32.2. The molecular formula is C17H21NO5S. The van der Waals surface area contributed by atoms with E-state index in [-0.39, 0.29) is 24.8 Å². The molecule has 0 saturated carbocycles. The predicted molar refractivity (Wildman–Crippen MR) is 92.8 cm³/mol. The van der Waals surface area contributed by atoms with Crippen LogP contribution in [0.15, 0.2) is 46.2 Å². The van der Waals surface area contributed by atoms with Gasteiger partial charge in [0.2, 0.25) is 0 Å². The first-order chi connectivity index (χ1) is 11.7. The molecule has 0 N–H and O–H groups in total. The molecule has 0 radical (unpaired) electrons. The van der Waals surface area contributed by atoms with Crippen molar-refractivity contribution >= 4 is 11.8 Å². The molecule has 6 nitrogen and oxygen atoms in total. The summed E-state index contributed by atoms with van der Waals surface area (Å²) >= 11 is 1.61. The van der Waals surface area contributed by atoms with Crippen LogP contribution in [-0.2, 0) is 22.0 Å². The Morgan fingerprint density at radius 2 is 1.83 bits per heavy atom. The molecule has 0 aliphatic heterocycles. The van der Waals surface area contributed by atoms with Gasteiger partial charge >= 0.3 is 0 Å². The van der Waals surface area contributed by atoms with Crippen molar-refractivity contribution in [2.24, 2.45) is 0 Å². The topological polar surface area (TPSA) is 58.9 Å². The maximum Gasteiger partial charge on any atom is 0.294 e. The molecule has 7 heteroatoms. The predicted octanol–water partition coefficient (Wildman–Crippen LogP) is 2.74. The molecule has 0 spiro atoms. The average molecular weight is 351 g/mol. The molecule has 130 valence electrons. The summed E-state index contributed by atoms with van der Waals surface area (Å²) in [4.78, 5) is 13.2. The number of pyridine rings is 1. The van der Waals surface area contributed by atoms with E-state index >= 15 is 0 Å². The van der Waals surface area contributed by atoms with Crippen molar-refractivity contribution in [1.82, 2.24) is 4.57 Å². The third-order valence-electron chi connectivity index (χ3n) is 3.19. The number of hydrogen-bond donors (Lipinski definition) is 0. The number of thioether (sulfide) groups is 1. The van der Waals surface area contributed by atoms with E-state index in [1.54, 1.807) is 38.2 Å². The fraction of sp³-hybridized carbons (Fsp3) is 0.353. The average Bonchev–Trinajstić information content (AvgIpc) is 2.61. The number of nitrogens with zero attached hydrogens (tertiary/aromatic N) is 1. The summed E-state index contributed by atoms with van der Waals surface area (Å²) in [6.07, 6.45) is 1.76. The fourth-order valence-electron chi connectivity index (χ4n) is 2.01. The van der Waals surface area contributed by atoms with Gasteiger partial charge in [0.25, 0.3) is 5.56 Å². The summed E-state index contributed by atoms with van der Waals surface area (Å²) < 4.78 is 21.9. The van der Waals surface area contributed by atoms with Gasteiger partial charge in [0.15, 0.2) is 12.5 Å². The second kappa shape index (κ2) is 9.36. The Morgan fingerprint density at radius 3 is 2.46 bits per heavy atom. The van der Waals surface area contributed by atoms with Crippen molar-refractivity contribution < 1.29 is 18.9 Å². The zero-order chi connectivity index (χ0) is 17.4. The molecule has 0 aliphatic rings. The summed E-state index contributed by atoms with van der Waals surface area (Å²) in [6.45, 7) is 0.188. The summed E-state index contributed by atoms with van der Waals surface area (Å²) in [5, 5.41) is 0. The summed E-state index contributed by atoms with van der Waals surface area (Å²) in [7, 11) is 4.69. The number of aromatic nitrogens is 1. The van der Waals surface area contributed by atoms with Gasteiger partial charge in [0, 0.05) is 37.1 Å². The van der Waals surface area contributed by atoms with Crippen LogP contribution in [0, 0.1) is 0 Å². The molecule has 1 aromatic carbocycles. The minimum atomic E-state index is -0.248. The smallest absolute Gasteiger partial charge is 0.294 e. The van der Waals surface area contributed by atoms with Crippen molar-refractivity contribution in [2.45, 2.75) is 17.4 Å². The molecule has 0 fully saturated rings.